The van der Waals surface area contributed by atoms with Gasteiger partial charge >= 0.3 is 0 Å². The Hall–Kier alpha value is -3.01. The van der Waals surface area contributed by atoms with Gasteiger partial charge in [-0.15, -0.1) is 0 Å². The predicted molar refractivity (Wildman–Crippen MR) is 100 cm³/mol. The van der Waals surface area contributed by atoms with Crippen molar-refractivity contribution in [3.8, 4) is 23.4 Å². The number of aromatic nitrogens is 4. The molecule has 136 valence electrons. The van der Waals surface area contributed by atoms with E-state index in [2.05, 4.69) is 27.1 Å². The second-order valence-electron chi connectivity index (χ2n) is 6.53. The van der Waals surface area contributed by atoms with E-state index in [0.29, 0.717) is 24.5 Å². The molecule has 1 saturated heterocycles. The minimum Gasteiger partial charge on any atom is -0.346 e. The third-order valence-corrected chi connectivity index (χ3v) is 6.29. The zero-order valence-electron chi connectivity index (χ0n) is 14.7. The van der Waals surface area contributed by atoms with Crippen LogP contribution in [0.3, 0.4) is 0 Å². The summed E-state index contributed by atoms with van der Waals surface area (Å²) in [4.78, 5) is 11.6. The molecular weight excluding hydrogens is 362 g/mol. The van der Waals surface area contributed by atoms with Crippen LogP contribution in [0, 0.1) is 22.7 Å². The average Bonchev–Trinajstić information content (AvgIpc) is 3.30. The summed E-state index contributed by atoms with van der Waals surface area (Å²) in [6, 6.07) is 8.13. The van der Waals surface area contributed by atoms with E-state index in [9.17, 15) is 14.7 Å². The Morgan fingerprint density at radius 2 is 2.19 bits per heavy atom. The van der Waals surface area contributed by atoms with Crippen molar-refractivity contribution in [2.24, 2.45) is 0 Å². The zero-order chi connectivity index (χ0) is 19.0. The molecule has 0 aromatic carbocycles. The summed E-state index contributed by atoms with van der Waals surface area (Å²) in [7, 11) is -1.06. The van der Waals surface area contributed by atoms with Crippen LogP contribution in [0.2, 0.25) is 0 Å². The number of nitrogens with one attached hydrogen (secondary N) is 1. The van der Waals surface area contributed by atoms with Gasteiger partial charge in [0.15, 0.2) is 0 Å². The number of hydrogen-bond acceptors (Lipinski definition) is 5. The lowest BCUT2D eigenvalue weighted by Gasteiger charge is -2.49. The molecule has 3 aromatic rings. The number of hydrogen-bond donors (Lipinski definition) is 1. The highest BCUT2D eigenvalue weighted by Crippen LogP contribution is 2.37. The largest absolute Gasteiger partial charge is 0.346 e. The van der Waals surface area contributed by atoms with Crippen LogP contribution in [-0.2, 0) is 16.5 Å². The minimum absolute atomic E-state index is 0.247. The molecule has 0 amide bonds. The molecule has 8 nitrogen and oxygen atoms in total. The Balaban J connectivity index is 1.78. The summed E-state index contributed by atoms with van der Waals surface area (Å²) >= 11 is 0. The van der Waals surface area contributed by atoms with Crippen molar-refractivity contribution in [3.05, 3.63) is 36.5 Å². The van der Waals surface area contributed by atoms with Gasteiger partial charge in [0, 0.05) is 42.2 Å². The van der Waals surface area contributed by atoms with Crippen molar-refractivity contribution in [1.29, 1.82) is 10.5 Å². The molecule has 0 aliphatic carbocycles. The van der Waals surface area contributed by atoms with Gasteiger partial charge in [0.2, 0.25) is 0 Å². The van der Waals surface area contributed by atoms with Gasteiger partial charge in [-0.2, -0.15) is 10.5 Å². The summed E-state index contributed by atoms with van der Waals surface area (Å²) in [5, 5.41) is 19.9. The van der Waals surface area contributed by atoms with Crippen LogP contribution in [0.25, 0.3) is 22.3 Å². The molecule has 0 spiro atoms. The Bertz CT molecular complexity index is 1110. The summed E-state index contributed by atoms with van der Waals surface area (Å²) < 4.78 is 15.8. The standard InChI is InChI=1S/C18H17N7OS/c1-2-27(26)24-10-18(11-24,4-5-19)25-9-13(7-14(25)8-20)16-15-3-6-21-17(15)23-12-22-16/h3,6-7,9,12H,2,4,10-11H2,1H3,(H,21,22,23). The number of H-pyrrole nitrogens is 1. The molecule has 4 rings (SSSR count). The van der Waals surface area contributed by atoms with Crippen molar-refractivity contribution >= 4 is 22.0 Å². The number of fused-ring (bicyclic) bond motifs is 1. The zero-order valence-corrected chi connectivity index (χ0v) is 15.5. The Morgan fingerprint density at radius 3 is 2.89 bits per heavy atom. The second-order valence-corrected chi connectivity index (χ2v) is 8.26. The van der Waals surface area contributed by atoms with Gasteiger partial charge in [-0.05, 0) is 12.1 Å². The Kier molecular flexibility index (Phi) is 4.27. The van der Waals surface area contributed by atoms with Crippen molar-refractivity contribution in [2.45, 2.75) is 18.9 Å². The van der Waals surface area contributed by atoms with Gasteiger partial charge in [0.25, 0.3) is 0 Å². The van der Waals surface area contributed by atoms with Crippen LogP contribution in [-0.4, -0.2) is 46.9 Å². The van der Waals surface area contributed by atoms with E-state index < -0.39 is 16.5 Å². The molecule has 1 aliphatic rings. The minimum atomic E-state index is -1.06. The molecule has 1 fully saturated rings. The van der Waals surface area contributed by atoms with Crippen molar-refractivity contribution in [3.63, 3.8) is 0 Å². The average molecular weight is 379 g/mol. The number of rotatable bonds is 5. The number of aromatic amines is 1. The molecule has 0 bridgehead atoms. The van der Waals surface area contributed by atoms with E-state index >= 15 is 0 Å². The van der Waals surface area contributed by atoms with Crippen LogP contribution in [0.1, 0.15) is 19.0 Å². The number of nitrogens with zero attached hydrogens (tertiary/aromatic N) is 6. The molecule has 3 aromatic heterocycles. The van der Waals surface area contributed by atoms with E-state index in [1.165, 1.54) is 6.33 Å². The molecule has 1 N–H and O–H groups in total. The van der Waals surface area contributed by atoms with Gasteiger partial charge in [-0.1, -0.05) is 6.92 Å². The summed E-state index contributed by atoms with van der Waals surface area (Å²) in [6.45, 7) is 2.83. The summed E-state index contributed by atoms with van der Waals surface area (Å²) in [6.07, 6.45) is 5.40. The third kappa shape index (κ3) is 2.72. The molecule has 9 heteroatoms. The lowest BCUT2D eigenvalue weighted by Crippen LogP contribution is -2.63. The van der Waals surface area contributed by atoms with E-state index in [1.807, 2.05) is 28.1 Å². The molecule has 1 unspecified atom stereocenters. The predicted octanol–water partition coefficient (Wildman–Crippen LogP) is 1.91. The first kappa shape index (κ1) is 17.4. The van der Waals surface area contributed by atoms with Crippen LogP contribution in [0.5, 0.6) is 0 Å². The maximum Gasteiger partial charge on any atom is 0.141 e. The summed E-state index contributed by atoms with van der Waals surface area (Å²) in [5.41, 5.74) is 2.17. The van der Waals surface area contributed by atoms with E-state index in [4.69, 9.17) is 0 Å². The maximum absolute atomic E-state index is 12.1. The topological polar surface area (TPSA) is 114 Å². The first-order valence-electron chi connectivity index (χ1n) is 8.53. The van der Waals surface area contributed by atoms with Crippen LogP contribution >= 0.6 is 0 Å². The maximum atomic E-state index is 12.1. The molecule has 4 heterocycles. The fraction of sp³-hybridized carbons (Fsp3) is 0.333. The van der Waals surface area contributed by atoms with Crippen molar-refractivity contribution in [1.82, 2.24) is 23.8 Å². The smallest absolute Gasteiger partial charge is 0.141 e. The molecule has 1 aliphatic heterocycles. The highest BCUT2D eigenvalue weighted by molar-refractivity contribution is 7.82. The van der Waals surface area contributed by atoms with Gasteiger partial charge in [-0.25, -0.2) is 18.5 Å². The molecule has 0 saturated carbocycles. The Morgan fingerprint density at radius 1 is 1.37 bits per heavy atom. The first-order valence-corrected chi connectivity index (χ1v) is 9.81. The Labute approximate surface area is 158 Å². The quantitative estimate of drug-likeness (QED) is 0.727. The van der Waals surface area contributed by atoms with Crippen LogP contribution in [0.4, 0.5) is 0 Å². The lowest BCUT2D eigenvalue weighted by molar-refractivity contribution is 0.0893. The SMILES string of the molecule is CCS(=O)N1CC(CC#N)(n2cc(-c3ncnc4[nH]ccc34)cc2C#N)C1. The normalized spacial score (nSPS) is 17.1. The highest BCUT2D eigenvalue weighted by atomic mass is 32.2. The lowest BCUT2D eigenvalue weighted by atomic mass is 9.88. The fourth-order valence-corrected chi connectivity index (χ4v) is 4.74. The highest BCUT2D eigenvalue weighted by Gasteiger charge is 2.47. The first-order chi connectivity index (χ1) is 13.1. The van der Waals surface area contributed by atoms with E-state index in [-0.39, 0.29) is 6.42 Å². The monoisotopic (exact) mass is 379 g/mol. The summed E-state index contributed by atoms with van der Waals surface area (Å²) in [5.74, 6) is 0.539. The van der Waals surface area contributed by atoms with Crippen molar-refractivity contribution < 1.29 is 4.21 Å². The van der Waals surface area contributed by atoms with Crippen molar-refractivity contribution in [2.75, 3.05) is 18.8 Å². The van der Waals surface area contributed by atoms with E-state index in [1.54, 1.807) is 12.3 Å². The van der Waals surface area contributed by atoms with Gasteiger partial charge in [-0.3, -0.25) is 0 Å². The second kappa shape index (κ2) is 6.62. The third-order valence-electron chi connectivity index (χ3n) is 4.96. The molecule has 1 atom stereocenters. The fourth-order valence-electron chi connectivity index (χ4n) is 3.61. The molecule has 0 radical (unpaired) electrons. The van der Waals surface area contributed by atoms with E-state index in [0.717, 1.165) is 22.3 Å². The van der Waals surface area contributed by atoms with Gasteiger partial charge in [0.1, 0.15) is 23.7 Å². The van der Waals surface area contributed by atoms with Crippen LogP contribution < -0.4 is 0 Å². The van der Waals surface area contributed by atoms with Gasteiger partial charge in [0.05, 0.1) is 34.7 Å². The molecule has 27 heavy (non-hydrogen) atoms. The van der Waals surface area contributed by atoms with Crippen LogP contribution in [0.15, 0.2) is 30.9 Å². The van der Waals surface area contributed by atoms with Gasteiger partial charge < -0.3 is 9.55 Å². The molecular formula is C18H17N7OS. The number of nitriles is 2.